The lowest BCUT2D eigenvalue weighted by molar-refractivity contribution is 0.414. The smallest absolute Gasteiger partial charge is 0.118 e. The van der Waals surface area contributed by atoms with Crippen molar-refractivity contribution in [2.24, 2.45) is 0 Å². The normalized spacial score (nSPS) is 9.36. The first-order valence-electron chi connectivity index (χ1n) is 7.12. The molecule has 112 valence electrons. The zero-order valence-electron chi connectivity index (χ0n) is 12.9. The predicted molar refractivity (Wildman–Crippen MR) is 91.4 cm³/mol. The van der Waals surface area contributed by atoms with Crippen molar-refractivity contribution >= 4 is 0 Å². The van der Waals surface area contributed by atoms with Crippen molar-refractivity contribution in [3.8, 4) is 22.6 Å². The molecule has 0 atom stereocenters. The predicted octanol–water partition coefficient (Wildman–Crippen LogP) is 5.06. The van der Waals surface area contributed by atoms with Crippen LogP contribution in [0.4, 0.5) is 0 Å². The Bertz CT molecular complexity index is 646. The van der Waals surface area contributed by atoms with E-state index in [-0.39, 0.29) is 0 Å². The van der Waals surface area contributed by atoms with Crippen LogP contribution in [0.5, 0.6) is 11.5 Å². The number of ether oxygens (including phenoxy) is 2. The molecular weight excluding hydrogens is 272 g/mol. The van der Waals surface area contributed by atoms with Crippen molar-refractivity contribution < 1.29 is 9.47 Å². The van der Waals surface area contributed by atoms with E-state index in [1.54, 1.807) is 14.2 Å². The fourth-order valence-electron chi connectivity index (χ4n) is 1.97. The van der Waals surface area contributed by atoms with Crippen molar-refractivity contribution in [1.82, 2.24) is 0 Å². The van der Waals surface area contributed by atoms with Crippen LogP contribution in [0.3, 0.4) is 0 Å². The molecule has 0 aliphatic heterocycles. The summed E-state index contributed by atoms with van der Waals surface area (Å²) in [7, 11) is 3.34. The summed E-state index contributed by atoms with van der Waals surface area (Å²) in [5.41, 5.74) is 2.45. The molecule has 2 heteroatoms. The first-order valence-corrected chi connectivity index (χ1v) is 7.12. The SMILES string of the molecule is COc1ccc(-c2ccccc2)cc1.COc1ccccc1. The van der Waals surface area contributed by atoms with E-state index in [4.69, 9.17) is 9.47 Å². The Labute approximate surface area is 132 Å². The highest BCUT2D eigenvalue weighted by Crippen LogP contribution is 2.21. The van der Waals surface area contributed by atoms with Gasteiger partial charge < -0.3 is 9.47 Å². The van der Waals surface area contributed by atoms with Gasteiger partial charge in [-0.15, -0.1) is 0 Å². The van der Waals surface area contributed by atoms with E-state index in [0.717, 1.165) is 11.5 Å². The summed E-state index contributed by atoms with van der Waals surface area (Å²) in [4.78, 5) is 0. The molecule has 0 N–H and O–H groups in total. The minimum absolute atomic E-state index is 0.893. The summed E-state index contributed by atoms with van der Waals surface area (Å²) in [5.74, 6) is 1.80. The van der Waals surface area contributed by atoms with Crippen molar-refractivity contribution in [3.63, 3.8) is 0 Å². The van der Waals surface area contributed by atoms with Crippen molar-refractivity contribution in [2.75, 3.05) is 14.2 Å². The third-order valence-corrected chi connectivity index (χ3v) is 3.18. The third kappa shape index (κ3) is 4.67. The Hall–Kier alpha value is -2.74. The van der Waals surface area contributed by atoms with Crippen LogP contribution in [0, 0.1) is 0 Å². The fraction of sp³-hybridized carbons (Fsp3) is 0.100. The van der Waals surface area contributed by atoms with Gasteiger partial charge in [-0.25, -0.2) is 0 Å². The van der Waals surface area contributed by atoms with E-state index in [0.29, 0.717) is 0 Å². The topological polar surface area (TPSA) is 18.5 Å². The molecule has 0 fully saturated rings. The quantitative estimate of drug-likeness (QED) is 0.672. The van der Waals surface area contributed by atoms with E-state index in [1.165, 1.54) is 11.1 Å². The van der Waals surface area contributed by atoms with Crippen molar-refractivity contribution in [2.45, 2.75) is 0 Å². The van der Waals surface area contributed by atoms with Crippen LogP contribution in [0.2, 0.25) is 0 Å². The largest absolute Gasteiger partial charge is 0.497 e. The molecule has 0 aliphatic carbocycles. The summed E-state index contributed by atoms with van der Waals surface area (Å²) in [6.07, 6.45) is 0. The van der Waals surface area contributed by atoms with Gasteiger partial charge in [0.25, 0.3) is 0 Å². The molecule has 3 rings (SSSR count). The van der Waals surface area contributed by atoms with Gasteiger partial charge in [-0.2, -0.15) is 0 Å². The number of benzene rings is 3. The zero-order valence-corrected chi connectivity index (χ0v) is 12.9. The molecule has 0 amide bonds. The second kappa shape index (κ2) is 8.53. The molecule has 0 unspecified atom stereocenters. The molecule has 3 aromatic rings. The van der Waals surface area contributed by atoms with Crippen LogP contribution < -0.4 is 9.47 Å². The van der Waals surface area contributed by atoms with E-state index >= 15 is 0 Å². The molecule has 0 saturated carbocycles. The van der Waals surface area contributed by atoms with Gasteiger partial charge in [-0.3, -0.25) is 0 Å². The zero-order chi connectivity index (χ0) is 15.6. The van der Waals surface area contributed by atoms with Gasteiger partial charge in [0.15, 0.2) is 0 Å². The van der Waals surface area contributed by atoms with Crippen molar-refractivity contribution in [3.05, 3.63) is 84.9 Å². The van der Waals surface area contributed by atoms with E-state index < -0.39 is 0 Å². The summed E-state index contributed by atoms with van der Waals surface area (Å²) >= 11 is 0. The molecule has 0 spiro atoms. The highest BCUT2D eigenvalue weighted by atomic mass is 16.5. The van der Waals surface area contributed by atoms with Gasteiger partial charge in [-0.05, 0) is 35.4 Å². The third-order valence-electron chi connectivity index (χ3n) is 3.18. The Morgan fingerprint density at radius 1 is 0.455 bits per heavy atom. The number of hydrogen-bond acceptors (Lipinski definition) is 2. The average molecular weight is 292 g/mol. The van der Waals surface area contributed by atoms with Gasteiger partial charge in [0.2, 0.25) is 0 Å². The number of rotatable bonds is 3. The highest BCUT2D eigenvalue weighted by molar-refractivity contribution is 5.63. The first kappa shape index (κ1) is 15.6. The van der Waals surface area contributed by atoms with E-state index in [2.05, 4.69) is 24.3 Å². The molecule has 0 radical (unpaired) electrons. The number of para-hydroxylation sites is 1. The van der Waals surface area contributed by atoms with Crippen LogP contribution in [0.15, 0.2) is 84.9 Å². The van der Waals surface area contributed by atoms with Crippen LogP contribution in [0.1, 0.15) is 0 Å². The molecule has 0 aromatic heterocycles. The molecule has 0 saturated heterocycles. The summed E-state index contributed by atoms with van der Waals surface area (Å²) in [5, 5.41) is 0. The minimum Gasteiger partial charge on any atom is -0.497 e. The molecule has 0 bridgehead atoms. The Morgan fingerprint density at radius 2 is 0.864 bits per heavy atom. The lowest BCUT2D eigenvalue weighted by atomic mass is 10.1. The summed E-state index contributed by atoms with van der Waals surface area (Å²) in [6.45, 7) is 0. The first-order chi connectivity index (χ1) is 10.8. The minimum atomic E-state index is 0.893. The maximum Gasteiger partial charge on any atom is 0.118 e. The van der Waals surface area contributed by atoms with Gasteiger partial charge >= 0.3 is 0 Å². The van der Waals surface area contributed by atoms with Gasteiger partial charge in [0, 0.05) is 0 Å². The van der Waals surface area contributed by atoms with Crippen LogP contribution in [-0.4, -0.2) is 14.2 Å². The highest BCUT2D eigenvalue weighted by Gasteiger charge is 1.95. The summed E-state index contributed by atoms with van der Waals surface area (Å²) < 4.78 is 10.0. The lowest BCUT2D eigenvalue weighted by Gasteiger charge is -2.02. The van der Waals surface area contributed by atoms with Crippen LogP contribution in [-0.2, 0) is 0 Å². The standard InChI is InChI=1S/C13H12O.C7H8O/c1-14-13-9-7-12(8-10-13)11-5-3-2-4-6-11;1-8-7-5-3-2-4-6-7/h2-10H,1H3;2-6H,1H3. The maximum absolute atomic E-state index is 5.11. The Morgan fingerprint density at radius 3 is 1.32 bits per heavy atom. The van der Waals surface area contributed by atoms with Crippen molar-refractivity contribution in [1.29, 1.82) is 0 Å². The number of methoxy groups -OCH3 is 2. The van der Waals surface area contributed by atoms with E-state index in [9.17, 15) is 0 Å². The number of hydrogen-bond donors (Lipinski definition) is 0. The maximum atomic E-state index is 5.11. The molecule has 0 heterocycles. The lowest BCUT2D eigenvalue weighted by Crippen LogP contribution is -1.82. The second-order valence-electron chi connectivity index (χ2n) is 4.61. The average Bonchev–Trinajstić information content (AvgIpc) is 2.64. The molecule has 2 nitrogen and oxygen atoms in total. The fourth-order valence-corrected chi connectivity index (χ4v) is 1.97. The molecule has 0 aliphatic rings. The molecular formula is C20H20O2. The monoisotopic (exact) mass is 292 g/mol. The van der Waals surface area contributed by atoms with E-state index in [1.807, 2.05) is 60.7 Å². The summed E-state index contributed by atoms with van der Waals surface area (Å²) in [6, 6.07) is 28.1. The second-order valence-corrected chi connectivity index (χ2v) is 4.61. The van der Waals surface area contributed by atoms with Gasteiger partial charge in [0.1, 0.15) is 11.5 Å². The Balaban J connectivity index is 0.000000188. The van der Waals surface area contributed by atoms with Crippen LogP contribution in [0.25, 0.3) is 11.1 Å². The van der Waals surface area contributed by atoms with Gasteiger partial charge in [0.05, 0.1) is 14.2 Å². The Kier molecular flexibility index (Phi) is 6.06. The van der Waals surface area contributed by atoms with Crippen LogP contribution >= 0.6 is 0 Å². The van der Waals surface area contributed by atoms with Gasteiger partial charge in [-0.1, -0.05) is 60.7 Å². The molecule has 22 heavy (non-hydrogen) atoms. The molecule has 3 aromatic carbocycles.